The molecule has 3 atom stereocenters. The Kier molecular flexibility index (Phi) is 8.02. The second kappa shape index (κ2) is 10.2. The van der Waals surface area contributed by atoms with Crippen LogP contribution in [0.4, 0.5) is 11.4 Å². The van der Waals surface area contributed by atoms with Crippen LogP contribution in [0.2, 0.25) is 0 Å². The van der Waals surface area contributed by atoms with Crippen molar-refractivity contribution in [2.75, 3.05) is 20.4 Å². The van der Waals surface area contributed by atoms with Gasteiger partial charge in [0.2, 0.25) is 0 Å². The molecule has 9 heteroatoms. The van der Waals surface area contributed by atoms with Gasteiger partial charge >= 0.3 is 7.60 Å². The molecule has 0 saturated heterocycles. The van der Waals surface area contributed by atoms with Crippen molar-refractivity contribution in [1.29, 1.82) is 0 Å². The fraction of sp³-hybridized carbons (Fsp3) is 0.316. The van der Waals surface area contributed by atoms with Crippen LogP contribution in [-0.2, 0) is 13.8 Å². The first-order valence-corrected chi connectivity index (χ1v) is 10.7. The van der Waals surface area contributed by atoms with Gasteiger partial charge in [-0.05, 0) is 43.3 Å². The van der Waals surface area contributed by atoms with Crippen LogP contribution >= 0.6 is 7.60 Å². The topological polar surface area (TPSA) is 110 Å². The highest BCUT2D eigenvalue weighted by atomic mass is 31.2. The molecule has 2 aromatic rings. The van der Waals surface area contributed by atoms with Gasteiger partial charge < -0.3 is 19.5 Å². The summed E-state index contributed by atoms with van der Waals surface area (Å²) in [5, 5.41) is 11.0. The second-order valence-electron chi connectivity index (χ2n) is 6.20. The maximum absolute atomic E-state index is 12.5. The lowest BCUT2D eigenvalue weighted by molar-refractivity contribution is 0.0546. The Morgan fingerprint density at radius 1 is 1.11 bits per heavy atom. The number of nitrogens with one attached hydrogen (secondary N) is 1. The molecule has 0 bridgehead atoms. The van der Waals surface area contributed by atoms with E-state index in [0.29, 0.717) is 11.3 Å². The number of hydrogen-bond donors (Lipinski definition) is 2. The summed E-state index contributed by atoms with van der Waals surface area (Å²) in [4.78, 5) is 21.8. The Hall–Kier alpha value is -2.38. The number of nitrogens with zero attached hydrogens (tertiary/aromatic N) is 2. The van der Waals surface area contributed by atoms with E-state index in [4.69, 9.17) is 9.26 Å². The van der Waals surface area contributed by atoms with E-state index >= 15 is 0 Å². The molecule has 0 aliphatic carbocycles. The van der Waals surface area contributed by atoms with Crippen LogP contribution in [0.1, 0.15) is 17.3 Å². The molecule has 0 aromatic heterocycles. The standard InChI is InChI=1S/C19H24N3O5P/c1-14(26-2)18(13-27-28(3,24)25)20-19(23)15-9-11-17(12-10-15)22-21-16-7-5-4-6-8-16/h4-12,14,18H,13H2,1-3H3,(H,20,23)(H,24,25)/b22-21+. The lowest BCUT2D eigenvalue weighted by atomic mass is 10.1. The van der Waals surface area contributed by atoms with Crippen molar-refractivity contribution in [3.8, 4) is 0 Å². The van der Waals surface area contributed by atoms with E-state index in [-0.39, 0.29) is 12.5 Å². The van der Waals surface area contributed by atoms with Gasteiger partial charge in [-0.1, -0.05) is 18.2 Å². The van der Waals surface area contributed by atoms with Crippen LogP contribution < -0.4 is 5.32 Å². The Labute approximate surface area is 164 Å². The van der Waals surface area contributed by atoms with Gasteiger partial charge in [0.05, 0.1) is 30.1 Å². The quantitative estimate of drug-likeness (QED) is 0.483. The lowest BCUT2D eigenvalue weighted by Crippen LogP contribution is -2.45. The Bertz CT molecular complexity index is 836. The summed E-state index contributed by atoms with van der Waals surface area (Å²) >= 11 is 0. The largest absolute Gasteiger partial charge is 0.380 e. The molecule has 8 nitrogen and oxygen atoms in total. The average molecular weight is 405 g/mol. The molecule has 28 heavy (non-hydrogen) atoms. The number of azo groups is 1. The van der Waals surface area contributed by atoms with Crippen LogP contribution in [0.25, 0.3) is 0 Å². The van der Waals surface area contributed by atoms with Gasteiger partial charge in [0.15, 0.2) is 0 Å². The van der Waals surface area contributed by atoms with E-state index in [1.54, 1.807) is 31.2 Å². The number of benzene rings is 2. The molecule has 0 heterocycles. The van der Waals surface area contributed by atoms with Crippen molar-refractivity contribution in [3.05, 3.63) is 60.2 Å². The van der Waals surface area contributed by atoms with Gasteiger partial charge in [0.1, 0.15) is 0 Å². The third-order valence-electron chi connectivity index (χ3n) is 3.92. The summed E-state index contributed by atoms with van der Waals surface area (Å²) in [5.41, 5.74) is 1.76. The summed E-state index contributed by atoms with van der Waals surface area (Å²) in [7, 11) is -2.17. The van der Waals surface area contributed by atoms with Crippen LogP contribution in [-0.4, -0.2) is 43.3 Å². The number of rotatable bonds is 9. The summed E-state index contributed by atoms with van der Waals surface area (Å²) < 4.78 is 21.5. The van der Waals surface area contributed by atoms with Gasteiger partial charge in [-0.2, -0.15) is 10.2 Å². The first-order chi connectivity index (χ1) is 13.3. The smallest absolute Gasteiger partial charge is 0.325 e. The third-order valence-corrected chi connectivity index (χ3v) is 4.54. The predicted octanol–water partition coefficient (Wildman–Crippen LogP) is 4.07. The lowest BCUT2D eigenvalue weighted by Gasteiger charge is -2.24. The fourth-order valence-electron chi connectivity index (χ4n) is 2.22. The molecule has 2 rings (SSSR count). The van der Waals surface area contributed by atoms with Crippen LogP contribution in [0.15, 0.2) is 64.8 Å². The van der Waals surface area contributed by atoms with Crippen molar-refractivity contribution >= 4 is 24.9 Å². The number of carbonyl (C=O) groups is 1. The highest BCUT2D eigenvalue weighted by Gasteiger charge is 2.23. The zero-order valence-electron chi connectivity index (χ0n) is 16.0. The monoisotopic (exact) mass is 405 g/mol. The summed E-state index contributed by atoms with van der Waals surface area (Å²) in [6.45, 7) is 2.68. The highest BCUT2D eigenvalue weighted by Crippen LogP contribution is 2.36. The zero-order valence-corrected chi connectivity index (χ0v) is 16.9. The van der Waals surface area contributed by atoms with Gasteiger partial charge in [0, 0.05) is 19.3 Å². The first-order valence-electron chi connectivity index (χ1n) is 8.64. The van der Waals surface area contributed by atoms with Crippen molar-refractivity contribution in [2.24, 2.45) is 10.2 Å². The summed E-state index contributed by atoms with van der Waals surface area (Å²) in [6, 6.07) is 15.3. The van der Waals surface area contributed by atoms with E-state index in [1.807, 2.05) is 30.3 Å². The number of amides is 1. The Balaban J connectivity index is 2.01. The number of methoxy groups -OCH3 is 1. The molecule has 0 radical (unpaired) electrons. The Morgan fingerprint density at radius 2 is 1.68 bits per heavy atom. The molecule has 2 N–H and O–H groups in total. The normalized spacial score (nSPS) is 15.7. The third kappa shape index (κ3) is 7.32. The second-order valence-corrected chi connectivity index (χ2v) is 8.07. The number of hydrogen-bond acceptors (Lipinski definition) is 6. The predicted molar refractivity (Wildman–Crippen MR) is 106 cm³/mol. The molecular formula is C19H24N3O5P. The minimum Gasteiger partial charge on any atom is -0.380 e. The molecule has 0 saturated carbocycles. The van der Waals surface area contributed by atoms with Gasteiger partial charge in [-0.25, -0.2) is 0 Å². The molecular weight excluding hydrogens is 381 g/mol. The van der Waals surface area contributed by atoms with Crippen molar-refractivity contribution in [3.63, 3.8) is 0 Å². The summed E-state index contributed by atoms with van der Waals surface area (Å²) in [6.07, 6.45) is -0.408. The molecule has 0 aliphatic rings. The molecule has 3 unspecified atom stereocenters. The van der Waals surface area contributed by atoms with Crippen LogP contribution in [0.3, 0.4) is 0 Å². The fourth-order valence-corrected chi connectivity index (χ4v) is 2.66. The SMILES string of the molecule is COC(C)C(COP(C)(=O)O)NC(=O)c1ccc(/N=N/c2ccccc2)cc1. The van der Waals surface area contributed by atoms with Crippen LogP contribution in [0, 0.1) is 0 Å². The van der Waals surface area contributed by atoms with Gasteiger partial charge in [-0.15, -0.1) is 0 Å². The van der Waals surface area contributed by atoms with E-state index in [9.17, 15) is 14.3 Å². The maximum Gasteiger partial charge on any atom is 0.325 e. The van der Waals surface area contributed by atoms with E-state index in [0.717, 1.165) is 12.4 Å². The van der Waals surface area contributed by atoms with Gasteiger partial charge in [0.25, 0.3) is 5.91 Å². The van der Waals surface area contributed by atoms with Crippen molar-refractivity contribution in [2.45, 2.75) is 19.1 Å². The highest BCUT2D eigenvalue weighted by molar-refractivity contribution is 7.51. The molecule has 0 spiro atoms. The minimum absolute atomic E-state index is 0.144. The van der Waals surface area contributed by atoms with Crippen molar-refractivity contribution in [1.82, 2.24) is 5.32 Å². The number of carbonyl (C=O) groups excluding carboxylic acids is 1. The molecule has 2 aromatic carbocycles. The molecule has 0 fully saturated rings. The maximum atomic E-state index is 12.5. The Morgan fingerprint density at radius 3 is 2.21 bits per heavy atom. The minimum atomic E-state index is -3.65. The van der Waals surface area contributed by atoms with E-state index < -0.39 is 19.7 Å². The number of ether oxygens (including phenoxy) is 1. The molecule has 1 amide bonds. The van der Waals surface area contributed by atoms with Crippen LogP contribution in [0.5, 0.6) is 0 Å². The zero-order chi connectivity index (χ0) is 20.6. The van der Waals surface area contributed by atoms with Gasteiger partial charge in [-0.3, -0.25) is 9.36 Å². The average Bonchev–Trinajstić information content (AvgIpc) is 2.69. The first kappa shape index (κ1) is 21.9. The van der Waals surface area contributed by atoms with E-state index in [2.05, 4.69) is 15.5 Å². The van der Waals surface area contributed by atoms with E-state index in [1.165, 1.54) is 7.11 Å². The van der Waals surface area contributed by atoms with Crippen molar-refractivity contribution < 1.29 is 23.5 Å². The molecule has 150 valence electrons. The summed E-state index contributed by atoms with van der Waals surface area (Å²) in [5.74, 6) is -0.354. The molecule has 0 aliphatic heterocycles.